The highest BCUT2D eigenvalue weighted by molar-refractivity contribution is 7.90. The van der Waals surface area contributed by atoms with Crippen LogP contribution in [-0.2, 0) is 4.57 Å². The molecule has 0 N–H and O–H groups in total. The van der Waals surface area contributed by atoms with Crippen LogP contribution in [0.1, 0.15) is 6.92 Å². The van der Waals surface area contributed by atoms with E-state index in [-0.39, 0.29) is 5.62 Å². The number of alkyl halides is 1. The van der Waals surface area contributed by atoms with E-state index in [0.717, 1.165) is 0 Å². The molecule has 0 fully saturated rings. The molecule has 0 aliphatic rings. The second-order valence-corrected chi connectivity index (χ2v) is 6.24. The van der Waals surface area contributed by atoms with Crippen molar-refractivity contribution in [3.05, 3.63) is 0 Å². The molecule has 0 aliphatic heterocycles. The highest BCUT2D eigenvalue weighted by Crippen LogP contribution is 2.51. The summed E-state index contributed by atoms with van der Waals surface area (Å²) < 4.78 is 10.6. The summed E-state index contributed by atoms with van der Waals surface area (Å²) >= 11 is 10.5. The Morgan fingerprint density at radius 1 is 1.71 bits per heavy atom. The van der Waals surface area contributed by atoms with Gasteiger partial charge in [0.2, 0.25) is 0 Å². The third-order valence-corrected chi connectivity index (χ3v) is 4.55. The van der Waals surface area contributed by atoms with Crippen molar-refractivity contribution in [3.63, 3.8) is 0 Å². The molecule has 7 heavy (non-hydrogen) atoms. The van der Waals surface area contributed by atoms with E-state index in [1.54, 1.807) is 6.92 Å². The van der Waals surface area contributed by atoms with Crippen molar-refractivity contribution in [2.45, 2.75) is 6.92 Å². The van der Waals surface area contributed by atoms with Gasteiger partial charge in [-0.2, -0.15) is 0 Å². The first-order valence-corrected chi connectivity index (χ1v) is 5.48. The molecule has 0 aromatic rings. The first kappa shape index (κ1) is 7.81. The van der Waals surface area contributed by atoms with Crippen LogP contribution in [0.5, 0.6) is 0 Å². The van der Waals surface area contributed by atoms with Gasteiger partial charge in [-0.05, 0) is 0 Å². The van der Waals surface area contributed by atoms with E-state index in [9.17, 15) is 4.57 Å². The van der Waals surface area contributed by atoms with Gasteiger partial charge in [-0.25, -0.2) is 0 Å². The Labute approximate surface area is 53.2 Å². The van der Waals surface area contributed by atoms with Crippen LogP contribution in [0.2, 0.25) is 0 Å². The Hall–Kier alpha value is 0.810. The van der Waals surface area contributed by atoms with Crippen LogP contribution < -0.4 is 0 Å². The molecule has 0 amide bonds. The summed E-state index contributed by atoms with van der Waals surface area (Å²) in [5.41, 5.74) is 0.0883. The van der Waals surface area contributed by atoms with Crippen molar-refractivity contribution < 1.29 is 4.57 Å². The van der Waals surface area contributed by atoms with Gasteiger partial charge in [0.1, 0.15) is 0 Å². The zero-order valence-corrected chi connectivity index (χ0v) is 6.43. The summed E-state index contributed by atoms with van der Waals surface area (Å²) in [6, 6.07) is 0. The third kappa shape index (κ3) is 3.40. The van der Waals surface area contributed by atoms with Gasteiger partial charge in [0.25, 0.3) is 0 Å². The quantitative estimate of drug-likeness (QED) is 0.449. The van der Waals surface area contributed by atoms with Gasteiger partial charge in [0.05, 0.1) is 5.62 Å². The minimum atomic E-state index is -2.42. The largest absolute Gasteiger partial charge is 0.305 e. The van der Waals surface area contributed by atoms with Crippen LogP contribution in [0.25, 0.3) is 0 Å². The van der Waals surface area contributed by atoms with Gasteiger partial charge < -0.3 is 4.57 Å². The predicted molar refractivity (Wildman–Crippen MR) is 34.7 cm³/mol. The van der Waals surface area contributed by atoms with Gasteiger partial charge in [-0.3, -0.25) is 0 Å². The molecular formula is C3H7Cl2OP. The van der Waals surface area contributed by atoms with E-state index < -0.39 is 6.49 Å². The minimum absolute atomic E-state index is 0.0883. The lowest BCUT2D eigenvalue weighted by Gasteiger charge is -1.97. The first-order valence-electron chi connectivity index (χ1n) is 1.96. The summed E-state index contributed by atoms with van der Waals surface area (Å²) in [6.45, 7) is -0.657. The van der Waals surface area contributed by atoms with E-state index in [1.807, 2.05) is 0 Å². The Bertz CT molecular complexity index is 84.9. The van der Waals surface area contributed by atoms with Crippen LogP contribution >= 0.6 is 29.3 Å². The minimum Gasteiger partial charge on any atom is -0.305 e. The average molecular weight is 161 g/mol. The van der Waals surface area contributed by atoms with Gasteiger partial charge in [-0.15, -0.1) is 11.6 Å². The van der Waals surface area contributed by atoms with Crippen LogP contribution in [0.3, 0.4) is 0 Å². The zero-order chi connectivity index (χ0) is 5.91. The first-order chi connectivity index (χ1) is 3.12. The molecule has 0 heterocycles. The van der Waals surface area contributed by atoms with Crippen molar-refractivity contribution in [2.24, 2.45) is 0 Å². The maximum atomic E-state index is 10.6. The predicted octanol–water partition coefficient (Wildman–Crippen LogP) is 2.72. The fraction of sp³-hybridized carbons (Fsp3) is 1.00. The Kier molecular flexibility index (Phi) is 3.30. The molecule has 1 unspecified atom stereocenters. The summed E-state index contributed by atoms with van der Waals surface area (Å²) in [5, 5.41) is 0. The molecule has 4 heteroatoms. The lowest BCUT2D eigenvalue weighted by Crippen LogP contribution is -1.74. The van der Waals surface area contributed by atoms with Crippen LogP contribution in [0.15, 0.2) is 0 Å². The summed E-state index contributed by atoms with van der Waals surface area (Å²) in [4.78, 5) is 0. The number of rotatable bonds is 2. The fourth-order valence-corrected chi connectivity index (χ4v) is 0.761. The lowest BCUT2D eigenvalue weighted by atomic mass is 11.0. The summed E-state index contributed by atoms with van der Waals surface area (Å²) in [7, 11) is 0. The van der Waals surface area contributed by atoms with E-state index in [1.165, 1.54) is 0 Å². The monoisotopic (exact) mass is 160 g/mol. The van der Waals surface area contributed by atoms with E-state index in [2.05, 4.69) is 0 Å². The second kappa shape index (κ2) is 2.96. The van der Waals surface area contributed by atoms with E-state index >= 15 is 0 Å². The van der Waals surface area contributed by atoms with Gasteiger partial charge in [0.15, 0.2) is 6.49 Å². The molecule has 0 saturated heterocycles. The van der Waals surface area contributed by atoms with Crippen LogP contribution in [0.4, 0.5) is 0 Å². The van der Waals surface area contributed by atoms with Crippen LogP contribution in [0, 0.1) is 0 Å². The van der Waals surface area contributed by atoms with Crippen molar-refractivity contribution >= 4 is 29.3 Å². The SMILES string of the molecule is CCP(=O)(Cl)CCl. The highest BCUT2D eigenvalue weighted by Gasteiger charge is 2.11. The average Bonchev–Trinajstić information content (AvgIpc) is 1.68. The Morgan fingerprint density at radius 2 is 2.14 bits per heavy atom. The molecule has 0 spiro atoms. The molecule has 0 aliphatic carbocycles. The topological polar surface area (TPSA) is 17.1 Å². The van der Waals surface area contributed by atoms with Crippen molar-refractivity contribution in [1.82, 2.24) is 0 Å². The van der Waals surface area contributed by atoms with Crippen molar-refractivity contribution in [3.8, 4) is 0 Å². The second-order valence-electron chi connectivity index (χ2n) is 1.23. The fourth-order valence-electron chi connectivity index (χ4n) is 0.0845. The van der Waals surface area contributed by atoms with E-state index in [0.29, 0.717) is 6.16 Å². The van der Waals surface area contributed by atoms with Crippen LogP contribution in [-0.4, -0.2) is 11.8 Å². The number of halogens is 2. The van der Waals surface area contributed by atoms with Gasteiger partial charge in [0, 0.05) is 6.16 Å². The normalized spacial score (nSPS) is 18.7. The molecule has 1 nitrogen and oxygen atoms in total. The summed E-state index contributed by atoms with van der Waals surface area (Å²) in [5.74, 6) is 0. The molecule has 0 radical (unpaired) electrons. The van der Waals surface area contributed by atoms with E-state index in [4.69, 9.17) is 22.8 Å². The van der Waals surface area contributed by atoms with Gasteiger partial charge >= 0.3 is 0 Å². The molecule has 0 rings (SSSR count). The smallest absolute Gasteiger partial charge is 0.183 e. The maximum absolute atomic E-state index is 10.6. The molecule has 0 aromatic carbocycles. The third-order valence-electron chi connectivity index (χ3n) is 0.651. The maximum Gasteiger partial charge on any atom is 0.183 e. The molecule has 0 bridgehead atoms. The molecule has 0 saturated carbocycles. The highest BCUT2D eigenvalue weighted by atomic mass is 35.7. The number of hydrogen-bond donors (Lipinski definition) is 0. The Balaban J connectivity index is 3.61. The summed E-state index contributed by atoms with van der Waals surface area (Å²) in [6.07, 6.45) is 0.484. The molecular weight excluding hydrogens is 154 g/mol. The van der Waals surface area contributed by atoms with Gasteiger partial charge in [-0.1, -0.05) is 18.2 Å². The van der Waals surface area contributed by atoms with Crippen molar-refractivity contribution in [2.75, 3.05) is 11.8 Å². The molecule has 0 aromatic heterocycles. The lowest BCUT2D eigenvalue weighted by molar-refractivity contribution is 0.587. The Morgan fingerprint density at radius 3 is 2.14 bits per heavy atom. The van der Waals surface area contributed by atoms with Crippen molar-refractivity contribution in [1.29, 1.82) is 0 Å². The number of hydrogen-bond acceptors (Lipinski definition) is 1. The standard InChI is InChI=1S/C3H7Cl2OP/c1-2-7(5,6)3-4/h2-3H2,1H3. The molecule has 1 atom stereocenters. The molecule has 44 valence electrons. The zero-order valence-electron chi connectivity index (χ0n) is 4.03.